The van der Waals surface area contributed by atoms with Gasteiger partial charge in [0.25, 0.3) is 11.7 Å². The van der Waals surface area contributed by atoms with Gasteiger partial charge in [0.05, 0.1) is 23.4 Å². The monoisotopic (exact) mass is 243 g/mol. The van der Waals surface area contributed by atoms with Crippen LogP contribution in [0.25, 0.3) is 5.57 Å². The Hall–Kier alpha value is -1.94. The number of benzene rings is 1. The third-order valence-electron chi connectivity index (χ3n) is 3.52. The molecule has 3 rings (SSSR count). The first kappa shape index (κ1) is 11.2. The van der Waals surface area contributed by atoms with Crippen molar-refractivity contribution in [2.45, 2.75) is 19.4 Å². The summed E-state index contributed by atoms with van der Waals surface area (Å²) in [5.41, 5.74) is 2.02. The molecular formula is C14H13NO3. The number of carbonyl (C=O) groups is 2. The van der Waals surface area contributed by atoms with Crippen LogP contribution in [0.5, 0.6) is 0 Å². The Morgan fingerprint density at radius 3 is 2.56 bits per heavy atom. The molecule has 0 aliphatic carbocycles. The van der Waals surface area contributed by atoms with Crippen LogP contribution in [0.2, 0.25) is 0 Å². The van der Waals surface area contributed by atoms with Gasteiger partial charge in [-0.1, -0.05) is 18.2 Å². The summed E-state index contributed by atoms with van der Waals surface area (Å²) >= 11 is 0. The lowest BCUT2D eigenvalue weighted by atomic mass is 9.89. The van der Waals surface area contributed by atoms with Crippen molar-refractivity contribution in [2.24, 2.45) is 0 Å². The van der Waals surface area contributed by atoms with Gasteiger partial charge in [0.2, 0.25) is 0 Å². The number of nitrogens with zero attached hydrogens (tertiary/aromatic N) is 1. The number of hydrogen-bond acceptors (Lipinski definition) is 3. The average molecular weight is 243 g/mol. The molecule has 1 aromatic rings. The molecule has 18 heavy (non-hydrogen) atoms. The second-order valence-corrected chi connectivity index (χ2v) is 5.15. The van der Waals surface area contributed by atoms with Crippen molar-refractivity contribution in [2.75, 3.05) is 11.5 Å². The molecule has 92 valence electrons. The van der Waals surface area contributed by atoms with Gasteiger partial charge in [-0.15, -0.1) is 0 Å². The first-order valence-electron chi connectivity index (χ1n) is 5.82. The fourth-order valence-electron chi connectivity index (χ4n) is 2.79. The summed E-state index contributed by atoms with van der Waals surface area (Å²) in [6.45, 7) is 3.62. The quantitative estimate of drug-likeness (QED) is 0.758. The maximum Gasteiger partial charge on any atom is 0.300 e. The third-order valence-corrected chi connectivity index (χ3v) is 3.52. The van der Waals surface area contributed by atoms with Crippen molar-refractivity contribution < 1.29 is 14.7 Å². The summed E-state index contributed by atoms with van der Waals surface area (Å²) < 4.78 is 0. The molecule has 1 aromatic carbocycles. The highest BCUT2D eigenvalue weighted by Gasteiger charge is 2.46. The van der Waals surface area contributed by atoms with Gasteiger partial charge in [-0.25, -0.2) is 0 Å². The summed E-state index contributed by atoms with van der Waals surface area (Å²) in [5.74, 6) is -0.955. The molecule has 0 atom stereocenters. The Bertz CT molecular complexity index is 613. The molecule has 0 radical (unpaired) electrons. The first-order valence-corrected chi connectivity index (χ1v) is 5.82. The van der Waals surface area contributed by atoms with Gasteiger partial charge in [-0.2, -0.15) is 0 Å². The molecule has 2 aliphatic rings. The number of para-hydroxylation sites is 1. The van der Waals surface area contributed by atoms with Crippen molar-refractivity contribution in [1.82, 2.24) is 0 Å². The molecule has 1 amide bonds. The largest absolute Gasteiger partial charge is 0.392 e. The minimum atomic E-state index is -0.593. The third kappa shape index (κ3) is 1.18. The highest BCUT2D eigenvalue weighted by atomic mass is 16.3. The number of anilines is 1. The lowest BCUT2D eigenvalue weighted by Gasteiger charge is -2.38. The summed E-state index contributed by atoms with van der Waals surface area (Å²) in [6, 6.07) is 5.23. The number of hydrogen-bond donors (Lipinski definition) is 1. The number of Topliss-reactive ketones (excluding diaryl/α,β-unsaturated/α-hetero) is 1. The van der Waals surface area contributed by atoms with Crippen molar-refractivity contribution in [1.29, 1.82) is 0 Å². The predicted octanol–water partition coefficient (Wildman–Crippen LogP) is 1.38. The van der Waals surface area contributed by atoms with E-state index in [1.807, 2.05) is 26.0 Å². The topological polar surface area (TPSA) is 57.6 Å². The van der Waals surface area contributed by atoms with Crippen LogP contribution in [0.3, 0.4) is 0 Å². The normalized spacial score (nSPS) is 19.9. The predicted molar refractivity (Wildman–Crippen MR) is 67.4 cm³/mol. The molecular weight excluding hydrogens is 230 g/mol. The van der Waals surface area contributed by atoms with Crippen LogP contribution in [0.4, 0.5) is 5.69 Å². The molecule has 0 saturated carbocycles. The Labute approximate surface area is 105 Å². The van der Waals surface area contributed by atoms with Gasteiger partial charge >= 0.3 is 0 Å². The molecule has 0 fully saturated rings. The molecule has 0 spiro atoms. The van der Waals surface area contributed by atoms with E-state index < -0.39 is 17.2 Å². The smallest absolute Gasteiger partial charge is 0.300 e. The number of aliphatic hydroxyl groups excluding tert-OH is 1. The highest BCUT2D eigenvalue weighted by Crippen LogP contribution is 2.44. The van der Waals surface area contributed by atoms with Crippen LogP contribution in [0, 0.1) is 0 Å². The van der Waals surface area contributed by atoms with Crippen LogP contribution < -0.4 is 4.90 Å². The number of rotatable bonds is 1. The molecule has 2 aliphatic heterocycles. The minimum absolute atomic E-state index is 0.101. The standard InChI is InChI=1S/C14H13NO3/c1-14(2)6-8(7-16)9-4-3-5-10-11(9)15(14)13(18)12(10)17/h3-6,16H,7H2,1-2H3. The average Bonchev–Trinajstić information content (AvgIpc) is 2.60. The van der Waals surface area contributed by atoms with Crippen LogP contribution >= 0.6 is 0 Å². The molecule has 4 heteroatoms. The molecule has 4 nitrogen and oxygen atoms in total. The zero-order chi connectivity index (χ0) is 13.1. The summed E-state index contributed by atoms with van der Waals surface area (Å²) in [7, 11) is 0. The van der Waals surface area contributed by atoms with Crippen LogP contribution in [0.15, 0.2) is 24.3 Å². The molecule has 2 heterocycles. The molecule has 0 saturated heterocycles. The van der Waals surface area contributed by atoms with Gasteiger partial charge in [0.1, 0.15) is 0 Å². The Balaban J connectivity index is 2.37. The number of aliphatic hydroxyl groups is 1. The van der Waals surface area contributed by atoms with E-state index in [4.69, 9.17) is 0 Å². The van der Waals surface area contributed by atoms with Crippen molar-refractivity contribution in [3.8, 4) is 0 Å². The zero-order valence-corrected chi connectivity index (χ0v) is 10.2. The van der Waals surface area contributed by atoms with E-state index in [-0.39, 0.29) is 6.61 Å². The minimum Gasteiger partial charge on any atom is -0.392 e. The van der Waals surface area contributed by atoms with Gasteiger partial charge < -0.3 is 5.11 Å². The van der Waals surface area contributed by atoms with E-state index in [0.29, 0.717) is 11.3 Å². The molecule has 0 unspecified atom stereocenters. The van der Waals surface area contributed by atoms with E-state index in [0.717, 1.165) is 11.1 Å². The van der Waals surface area contributed by atoms with E-state index in [1.165, 1.54) is 4.90 Å². The van der Waals surface area contributed by atoms with Crippen LogP contribution in [-0.4, -0.2) is 28.9 Å². The molecule has 0 aromatic heterocycles. The van der Waals surface area contributed by atoms with E-state index >= 15 is 0 Å². The Kier molecular flexibility index (Phi) is 2.04. The SMILES string of the molecule is CC1(C)C=C(CO)c2cccc3c2N1C(=O)C3=O. The Morgan fingerprint density at radius 2 is 1.89 bits per heavy atom. The van der Waals surface area contributed by atoms with Crippen molar-refractivity contribution in [3.63, 3.8) is 0 Å². The number of amides is 1. The molecule has 1 N–H and O–H groups in total. The van der Waals surface area contributed by atoms with Gasteiger partial charge in [-0.3, -0.25) is 14.5 Å². The Morgan fingerprint density at radius 1 is 1.22 bits per heavy atom. The first-order chi connectivity index (χ1) is 8.47. The van der Waals surface area contributed by atoms with Crippen molar-refractivity contribution in [3.05, 3.63) is 35.4 Å². The summed E-state index contributed by atoms with van der Waals surface area (Å²) in [6.07, 6.45) is 1.84. The van der Waals surface area contributed by atoms with Crippen LogP contribution in [-0.2, 0) is 4.79 Å². The van der Waals surface area contributed by atoms with Gasteiger partial charge in [-0.05, 0) is 25.5 Å². The second kappa shape index (κ2) is 3.29. The van der Waals surface area contributed by atoms with E-state index in [9.17, 15) is 14.7 Å². The zero-order valence-electron chi connectivity index (χ0n) is 10.2. The number of carbonyl (C=O) groups excluding carboxylic acids is 2. The lowest BCUT2D eigenvalue weighted by molar-refractivity contribution is -0.115. The maximum atomic E-state index is 12.1. The maximum absolute atomic E-state index is 12.1. The van der Waals surface area contributed by atoms with Gasteiger partial charge in [0, 0.05) is 5.56 Å². The van der Waals surface area contributed by atoms with Crippen LogP contribution in [0.1, 0.15) is 29.8 Å². The van der Waals surface area contributed by atoms with E-state index in [2.05, 4.69) is 0 Å². The summed E-state index contributed by atoms with van der Waals surface area (Å²) in [5, 5.41) is 9.44. The summed E-state index contributed by atoms with van der Waals surface area (Å²) in [4.78, 5) is 25.6. The molecule has 0 bridgehead atoms. The number of ketones is 1. The highest BCUT2D eigenvalue weighted by molar-refractivity contribution is 6.53. The fraction of sp³-hybridized carbons (Fsp3) is 0.286. The van der Waals surface area contributed by atoms with E-state index in [1.54, 1.807) is 12.1 Å². The fourth-order valence-corrected chi connectivity index (χ4v) is 2.79. The van der Waals surface area contributed by atoms with Crippen molar-refractivity contribution >= 4 is 23.0 Å². The van der Waals surface area contributed by atoms with Gasteiger partial charge in [0.15, 0.2) is 0 Å². The lowest BCUT2D eigenvalue weighted by Crippen LogP contribution is -2.48. The second-order valence-electron chi connectivity index (χ2n) is 5.15.